The lowest BCUT2D eigenvalue weighted by Crippen LogP contribution is -2.39. The quantitative estimate of drug-likeness (QED) is 0.560. The van der Waals surface area contributed by atoms with Gasteiger partial charge in [0.1, 0.15) is 0 Å². The van der Waals surface area contributed by atoms with Gasteiger partial charge in [-0.25, -0.2) is 0 Å². The molecule has 6 heteroatoms. The summed E-state index contributed by atoms with van der Waals surface area (Å²) in [6, 6.07) is 14.6. The minimum Gasteiger partial charge on any atom is -0.493 e. The number of benzene rings is 2. The summed E-state index contributed by atoms with van der Waals surface area (Å²) in [6.07, 6.45) is 0.884. The zero-order valence-electron chi connectivity index (χ0n) is 17.8. The van der Waals surface area contributed by atoms with Crippen LogP contribution in [-0.2, 0) is 13.0 Å². The molecule has 0 aromatic heterocycles. The van der Waals surface area contributed by atoms with Crippen molar-refractivity contribution in [3.63, 3.8) is 0 Å². The fourth-order valence-corrected chi connectivity index (χ4v) is 2.92. The Morgan fingerprint density at radius 1 is 0.929 bits per heavy atom. The van der Waals surface area contributed by atoms with Gasteiger partial charge >= 0.3 is 0 Å². The number of nitrogens with zero attached hydrogens (tertiary/aromatic N) is 3. The van der Waals surface area contributed by atoms with Crippen LogP contribution in [0, 0.1) is 0 Å². The van der Waals surface area contributed by atoms with Crippen LogP contribution in [0.3, 0.4) is 0 Å². The third-order valence-electron chi connectivity index (χ3n) is 4.66. The van der Waals surface area contributed by atoms with Gasteiger partial charge in [0.05, 0.1) is 14.2 Å². The predicted molar refractivity (Wildman–Crippen MR) is 117 cm³/mol. The molecule has 152 valence electrons. The first-order chi connectivity index (χ1) is 13.5. The minimum atomic E-state index is 0.737. The highest BCUT2D eigenvalue weighted by Gasteiger charge is 2.09. The van der Waals surface area contributed by atoms with E-state index in [4.69, 9.17) is 9.47 Å². The van der Waals surface area contributed by atoms with Crippen molar-refractivity contribution in [3.8, 4) is 11.5 Å². The smallest absolute Gasteiger partial charge is 0.193 e. The molecular formula is C22H32N4O2. The van der Waals surface area contributed by atoms with E-state index in [1.54, 1.807) is 14.2 Å². The number of nitrogens with one attached hydrogen (secondary N) is 1. The van der Waals surface area contributed by atoms with E-state index in [1.165, 1.54) is 16.8 Å². The number of guanidine groups is 1. The van der Waals surface area contributed by atoms with E-state index in [-0.39, 0.29) is 0 Å². The Labute approximate surface area is 168 Å². The van der Waals surface area contributed by atoms with Crippen molar-refractivity contribution in [2.24, 2.45) is 4.99 Å². The van der Waals surface area contributed by atoms with Gasteiger partial charge in [-0.2, -0.15) is 0 Å². The van der Waals surface area contributed by atoms with Gasteiger partial charge < -0.3 is 24.6 Å². The van der Waals surface area contributed by atoms with Gasteiger partial charge in [-0.05, 0) is 41.8 Å². The van der Waals surface area contributed by atoms with Crippen LogP contribution in [0.1, 0.15) is 11.1 Å². The van der Waals surface area contributed by atoms with Gasteiger partial charge in [-0.1, -0.05) is 18.2 Å². The largest absolute Gasteiger partial charge is 0.493 e. The maximum Gasteiger partial charge on any atom is 0.193 e. The van der Waals surface area contributed by atoms with Crippen molar-refractivity contribution in [1.29, 1.82) is 0 Å². The monoisotopic (exact) mass is 384 g/mol. The van der Waals surface area contributed by atoms with Crippen molar-refractivity contribution in [2.75, 3.05) is 53.9 Å². The average molecular weight is 385 g/mol. The van der Waals surface area contributed by atoms with Crippen LogP contribution < -0.4 is 19.7 Å². The van der Waals surface area contributed by atoms with E-state index < -0.39 is 0 Å². The molecule has 6 nitrogen and oxygen atoms in total. The molecule has 0 aliphatic heterocycles. The number of aliphatic imine (C=N–C) groups is 1. The molecule has 0 amide bonds. The maximum atomic E-state index is 5.39. The van der Waals surface area contributed by atoms with Crippen LogP contribution in [0.4, 0.5) is 5.69 Å². The molecule has 0 saturated heterocycles. The number of rotatable bonds is 8. The molecule has 1 N–H and O–H groups in total. The maximum absolute atomic E-state index is 5.39. The van der Waals surface area contributed by atoms with Crippen molar-refractivity contribution < 1.29 is 9.47 Å². The van der Waals surface area contributed by atoms with Crippen LogP contribution >= 0.6 is 0 Å². The van der Waals surface area contributed by atoms with E-state index in [2.05, 4.69) is 50.4 Å². The number of hydrogen-bond donors (Lipinski definition) is 1. The first-order valence-corrected chi connectivity index (χ1v) is 9.37. The standard InChI is InChI=1S/C22H32N4O2/c1-23-22(24-16-18-7-10-19(11-8-18)25(2)3)26(4)14-13-17-9-12-20(27-5)21(15-17)28-6/h7-12,15H,13-14,16H2,1-6H3,(H,23,24). The first-order valence-electron chi connectivity index (χ1n) is 9.37. The van der Waals surface area contributed by atoms with Gasteiger partial charge in [0.15, 0.2) is 17.5 Å². The first kappa shape index (κ1) is 21.4. The summed E-state index contributed by atoms with van der Waals surface area (Å²) in [5.41, 5.74) is 3.61. The summed E-state index contributed by atoms with van der Waals surface area (Å²) in [7, 11) is 11.3. The Hall–Kier alpha value is -2.89. The topological polar surface area (TPSA) is 49.3 Å². The summed E-state index contributed by atoms with van der Waals surface area (Å²) < 4.78 is 10.7. The van der Waals surface area contributed by atoms with Gasteiger partial charge in [0.25, 0.3) is 0 Å². The van der Waals surface area contributed by atoms with Crippen LogP contribution in [0.2, 0.25) is 0 Å². The Bertz CT molecular complexity index is 773. The van der Waals surface area contributed by atoms with E-state index in [9.17, 15) is 0 Å². The second-order valence-corrected chi connectivity index (χ2v) is 6.82. The molecule has 0 radical (unpaired) electrons. The molecule has 0 atom stereocenters. The molecule has 2 aromatic carbocycles. The fraction of sp³-hybridized carbons (Fsp3) is 0.409. The molecule has 0 bridgehead atoms. The molecule has 0 unspecified atom stereocenters. The van der Waals surface area contributed by atoms with Crippen LogP contribution in [0.5, 0.6) is 11.5 Å². The zero-order chi connectivity index (χ0) is 20.5. The van der Waals surface area contributed by atoms with Crippen LogP contribution in [-0.4, -0.2) is 59.8 Å². The van der Waals surface area contributed by atoms with Crippen molar-refractivity contribution >= 4 is 11.6 Å². The highest BCUT2D eigenvalue weighted by Crippen LogP contribution is 2.27. The molecule has 0 spiro atoms. The normalized spacial score (nSPS) is 11.1. The molecule has 0 saturated carbocycles. The Morgan fingerprint density at radius 3 is 2.14 bits per heavy atom. The second kappa shape index (κ2) is 10.4. The third kappa shape index (κ3) is 5.81. The van der Waals surface area contributed by atoms with E-state index in [0.29, 0.717) is 0 Å². The zero-order valence-corrected chi connectivity index (χ0v) is 17.8. The SMILES string of the molecule is CN=C(NCc1ccc(N(C)C)cc1)N(C)CCc1ccc(OC)c(OC)c1. The van der Waals surface area contributed by atoms with Crippen molar-refractivity contribution in [3.05, 3.63) is 53.6 Å². The molecule has 2 aromatic rings. The number of ether oxygens (including phenoxy) is 2. The van der Waals surface area contributed by atoms with Gasteiger partial charge in [0.2, 0.25) is 0 Å². The number of anilines is 1. The molecule has 0 aliphatic carbocycles. The predicted octanol–water partition coefficient (Wildman–Crippen LogP) is 3.02. The molecule has 2 rings (SSSR count). The Morgan fingerprint density at radius 2 is 1.57 bits per heavy atom. The van der Waals surface area contributed by atoms with Crippen LogP contribution in [0.25, 0.3) is 0 Å². The summed E-state index contributed by atoms with van der Waals surface area (Å²) in [6.45, 7) is 1.58. The molecule has 0 aliphatic rings. The number of likely N-dealkylation sites (N-methyl/N-ethyl adjacent to an activating group) is 1. The molecule has 0 heterocycles. The highest BCUT2D eigenvalue weighted by molar-refractivity contribution is 5.79. The second-order valence-electron chi connectivity index (χ2n) is 6.82. The minimum absolute atomic E-state index is 0.737. The van der Waals surface area contributed by atoms with E-state index in [1.807, 2.05) is 40.3 Å². The lowest BCUT2D eigenvalue weighted by atomic mass is 10.1. The molecule has 28 heavy (non-hydrogen) atoms. The van der Waals surface area contributed by atoms with Crippen molar-refractivity contribution in [2.45, 2.75) is 13.0 Å². The summed E-state index contributed by atoms with van der Waals surface area (Å²) in [5.74, 6) is 2.38. The van der Waals surface area contributed by atoms with E-state index >= 15 is 0 Å². The lowest BCUT2D eigenvalue weighted by molar-refractivity contribution is 0.354. The van der Waals surface area contributed by atoms with Crippen LogP contribution in [0.15, 0.2) is 47.5 Å². The fourth-order valence-electron chi connectivity index (χ4n) is 2.92. The molecule has 0 fully saturated rings. The highest BCUT2D eigenvalue weighted by atomic mass is 16.5. The van der Waals surface area contributed by atoms with Gasteiger partial charge in [0, 0.05) is 47.0 Å². The average Bonchev–Trinajstić information content (AvgIpc) is 2.72. The van der Waals surface area contributed by atoms with Crippen molar-refractivity contribution in [1.82, 2.24) is 10.2 Å². The van der Waals surface area contributed by atoms with Gasteiger partial charge in [-0.15, -0.1) is 0 Å². The molecular weight excluding hydrogens is 352 g/mol. The number of methoxy groups -OCH3 is 2. The summed E-state index contributed by atoms with van der Waals surface area (Å²) >= 11 is 0. The third-order valence-corrected chi connectivity index (χ3v) is 4.66. The van der Waals surface area contributed by atoms with Gasteiger partial charge in [-0.3, -0.25) is 4.99 Å². The summed E-state index contributed by atoms with van der Waals surface area (Å²) in [5, 5.41) is 3.43. The Kier molecular flexibility index (Phi) is 7.99. The Balaban J connectivity index is 1.90. The lowest BCUT2D eigenvalue weighted by Gasteiger charge is -2.22. The number of hydrogen-bond acceptors (Lipinski definition) is 4. The summed E-state index contributed by atoms with van der Waals surface area (Å²) in [4.78, 5) is 8.63. The van der Waals surface area contributed by atoms with E-state index in [0.717, 1.165) is 37.0 Å².